The summed E-state index contributed by atoms with van der Waals surface area (Å²) in [7, 11) is 0. The quantitative estimate of drug-likeness (QED) is 0.868. The number of thioether (sulfide) groups is 1. The SMILES string of the molecule is C[C@@H](NC1CCCSC1)c1ccc(F)cc1. The Morgan fingerprint density at radius 3 is 2.75 bits per heavy atom. The molecule has 2 rings (SSSR count). The zero-order valence-corrected chi connectivity index (χ0v) is 10.4. The maximum absolute atomic E-state index is 12.8. The molecule has 1 aromatic carbocycles. The molecule has 2 atom stereocenters. The van der Waals surface area contributed by atoms with Crippen LogP contribution in [0.15, 0.2) is 24.3 Å². The summed E-state index contributed by atoms with van der Waals surface area (Å²) in [5.41, 5.74) is 1.16. The number of rotatable bonds is 3. The predicted molar refractivity (Wildman–Crippen MR) is 68.3 cm³/mol. The fourth-order valence-electron chi connectivity index (χ4n) is 2.07. The standard InChI is InChI=1S/C13H18FNS/c1-10(11-4-6-12(14)7-5-11)15-13-3-2-8-16-9-13/h4-7,10,13,15H,2-3,8-9H2,1H3/t10-,13?/m1/s1. The Morgan fingerprint density at radius 1 is 1.38 bits per heavy atom. The smallest absolute Gasteiger partial charge is 0.123 e. The van der Waals surface area contributed by atoms with Gasteiger partial charge in [0, 0.05) is 17.8 Å². The lowest BCUT2D eigenvalue weighted by molar-refractivity contribution is 0.452. The number of hydrogen-bond donors (Lipinski definition) is 1. The molecule has 1 aliphatic rings. The van der Waals surface area contributed by atoms with Gasteiger partial charge in [-0.3, -0.25) is 0 Å². The van der Waals surface area contributed by atoms with Gasteiger partial charge in [-0.25, -0.2) is 4.39 Å². The van der Waals surface area contributed by atoms with Crippen LogP contribution >= 0.6 is 11.8 Å². The minimum atomic E-state index is -0.163. The molecular formula is C13H18FNS. The summed E-state index contributed by atoms with van der Waals surface area (Å²) in [5, 5.41) is 3.61. The lowest BCUT2D eigenvalue weighted by Crippen LogP contribution is -2.35. The Bertz CT molecular complexity index is 319. The normalized spacial score (nSPS) is 23.0. The Kier molecular flexibility index (Phi) is 4.24. The molecule has 0 spiro atoms. The van der Waals surface area contributed by atoms with Gasteiger partial charge < -0.3 is 5.32 Å². The monoisotopic (exact) mass is 239 g/mol. The molecule has 1 N–H and O–H groups in total. The van der Waals surface area contributed by atoms with Gasteiger partial charge in [0.2, 0.25) is 0 Å². The summed E-state index contributed by atoms with van der Waals surface area (Å²) in [4.78, 5) is 0. The number of halogens is 1. The molecule has 1 saturated heterocycles. The van der Waals surface area contributed by atoms with E-state index in [2.05, 4.69) is 12.2 Å². The van der Waals surface area contributed by atoms with E-state index in [4.69, 9.17) is 0 Å². The van der Waals surface area contributed by atoms with Gasteiger partial charge in [0.1, 0.15) is 5.82 Å². The van der Waals surface area contributed by atoms with Crippen molar-refractivity contribution in [2.45, 2.75) is 31.8 Å². The van der Waals surface area contributed by atoms with Crippen LogP contribution in [-0.2, 0) is 0 Å². The van der Waals surface area contributed by atoms with Crippen LogP contribution in [0.25, 0.3) is 0 Å². The Labute approximate surface area is 101 Å². The van der Waals surface area contributed by atoms with E-state index in [0.29, 0.717) is 12.1 Å². The summed E-state index contributed by atoms with van der Waals surface area (Å²) in [6.45, 7) is 2.15. The highest BCUT2D eigenvalue weighted by molar-refractivity contribution is 7.99. The van der Waals surface area contributed by atoms with Crippen molar-refractivity contribution >= 4 is 11.8 Å². The summed E-state index contributed by atoms with van der Waals surface area (Å²) in [6, 6.07) is 7.71. The van der Waals surface area contributed by atoms with Crippen molar-refractivity contribution < 1.29 is 4.39 Å². The molecule has 1 aromatic rings. The fraction of sp³-hybridized carbons (Fsp3) is 0.538. The average molecular weight is 239 g/mol. The van der Waals surface area contributed by atoms with E-state index < -0.39 is 0 Å². The van der Waals surface area contributed by atoms with Crippen LogP contribution < -0.4 is 5.32 Å². The van der Waals surface area contributed by atoms with Gasteiger partial charge in [-0.1, -0.05) is 12.1 Å². The van der Waals surface area contributed by atoms with Crippen LogP contribution in [0.1, 0.15) is 31.4 Å². The molecule has 0 bridgehead atoms. The fourth-order valence-corrected chi connectivity index (χ4v) is 3.16. The van der Waals surface area contributed by atoms with Gasteiger partial charge in [0.25, 0.3) is 0 Å². The van der Waals surface area contributed by atoms with E-state index in [9.17, 15) is 4.39 Å². The van der Waals surface area contributed by atoms with Crippen molar-refractivity contribution in [1.29, 1.82) is 0 Å². The molecule has 1 unspecified atom stereocenters. The van der Waals surface area contributed by atoms with Crippen molar-refractivity contribution in [3.63, 3.8) is 0 Å². The molecule has 88 valence electrons. The van der Waals surface area contributed by atoms with Gasteiger partial charge in [-0.2, -0.15) is 11.8 Å². The first-order chi connectivity index (χ1) is 7.75. The van der Waals surface area contributed by atoms with E-state index in [1.807, 2.05) is 23.9 Å². The third kappa shape index (κ3) is 3.22. The minimum Gasteiger partial charge on any atom is -0.307 e. The maximum atomic E-state index is 12.8. The first-order valence-electron chi connectivity index (χ1n) is 5.85. The number of nitrogens with one attached hydrogen (secondary N) is 1. The van der Waals surface area contributed by atoms with E-state index >= 15 is 0 Å². The van der Waals surface area contributed by atoms with Crippen LogP contribution in [0.3, 0.4) is 0 Å². The highest BCUT2D eigenvalue weighted by Gasteiger charge is 2.16. The van der Waals surface area contributed by atoms with E-state index in [1.165, 1.54) is 36.5 Å². The second-order valence-corrected chi connectivity index (χ2v) is 5.50. The first kappa shape index (κ1) is 11.9. The zero-order valence-electron chi connectivity index (χ0n) is 9.58. The van der Waals surface area contributed by atoms with Crippen LogP contribution in [-0.4, -0.2) is 17.5 Å². The van der Waals surface area contributed by atoms with Crippen LogP contribution in [0.5, 0.6) is 0 Å². The maximum Gasteiger partial charge on any atom is 0.123 e. The summed E-state index contributed by atoms with van der Waals surface area (Å²) >= 11 is 2.02. The van der Waals surface area contributed by atoms with E-state index in [0.717, 1.165) is 5.56 Å². The van der Waals surface area contributed by atoms with Gasteiger partial charge in [-0.05, 0) is 43.2 Å². The molecule has 0 aliphatic carbocycles. The minimum absolute atomic E-state index is 0.163. The molecule has 16 heavy (non-hydrogen) atoms. The van der Waals surface area contributed by atoms with E-state index in [-0.39, 0.29) is 5.82 Å². The number of benzene rings is 1. The topological polar surface area (TPSA) is 12.0 Å². The summed E-state index contributed by atoms with van der Waals surface area (Å²) in [5.74, 6) is 2.33. The van der Waals surface area contributed by atoms with Gasteiger partial charge in [0.05, 0.1) is 0 Å². The largest absolute Gasteiger partial charge is 0.307 e. The first-order valence-corrected chi connectivity index (χ1v) is 7.00. The van der Waals surface area contributed by atoms with Gasteiger partial charge in [-0.15, -0.1) is 0 Å². The lowest BCUT2D eigenvalue weighted by Gasteiger charge is -2.26. The molecule has 1 aliphatic heterocycles. The zero-order chi connectivity index (χ0) is 11.4. The average Bonchev–Trinajstić information content (AvgIpc) is 2.31. The number of hydrogen-bond acceptors (Lipinski definition) is 2. The molecule has 0 aromatic heterocycles. The highest BCUT2D eigenvalue weighted by atomic mass is 32.2. The molecule has 0 saturated carbocycles. The third-order valence-electron chi connectivity index (χ3n) is 3.02. The van der Waals surface area contributed by atoms with Crippen LogP contribution in [0, 0.1) is 5.82 Å². The summed E-state index contributed by atoms with van der Waals surface area (Å²) in [6.07, 6.45) is 2.57. The van der Waals surface area contributed by atoms with Crippen molar-refractivity contribution in [2.75, 3.05) is 11.5 Å². The Hall–Kier alpha value is -0.540. The van der Waals surface area contributed by atoms with Gasteiger partial charge >= 0.3 is 0 Å². The molecule has 0 radical (unpaired) electrons. The van der Waals surface area contributed by atoms with E-state index in [1.54, 1.807) is 0 Å². The summed E-state index contributed by atoms with van der Waals surface area (Å²) < 4.78 is 12.8. The van der Waals surface area contributed by atoms with Gasteiger partial charge in [0.15, 0.2) is 0 Å². The highest BCUT2D eigenvalue weighted by Crippen LogP contribution is 2.20. The Morgan fingerprint density at radius 2 is 2.12 bits per heavy atom. The van der Waals surface area contributed by atoms with Crippen LogP contribution in [0.2, 0.25) is 0 Å². The lowest BCUT2D eigenvalue weighted by atomic mass is 10.1. The van der Waals surface area contributed by atoms with Crippen LogP contribution in [0.4, 0.5) is 4.39 Å². The molecule has 1 fully saturated rings. The van der Waals surface area contributed by atoms with Crippen molar-refractivity contribution in [3.8, 4) is 0 Å². The third-order valence-corrected chi connectivity index (χ3v) is 4.23. The molecular weight excluding hydrogens is 221 g/mol. The van der Waals surface area contributed by atoms with Crippen molar-refractivity contribution in [1.82, 2.24) is 5.32 Å². The van der Waals surface area contributed by atoms with Crippen molar-refractivity contribution in [2.24, 2.45) is 0 Å². The molecule has 1 heterocycles. The Balaban J connectivity index is 1.91. The van der Waals surface area contributed by atoms with Crippen molar-refractivity contribution in [3.05, 3.63) is 35.6 Å². The second-order valence-electron chi connectivity index (χ2n) is 4.35. The molecule has 0 amide bonds. The molecule has 1 nitrogen and oxygen atoms in total. The second kappa shape index (κ2) is 5.69. The molecule has 3 heteroatoms. The predicted octanol–water partition coefficient (Wildman–Crippen LogP) is 3.37.